The van der Waals surface area contributed by atoms with Gasteiger partial charge in [-0.25, -0.2) is 0 Å². The Morgan fingerprint density at radius 3 is 2.50 bits per heavy atom. The minimum absolute atomic E-state index is 0.0380. The maximum absolute atomic E-state index is 11.5. The van der Waals surface area contributed by atoms with Crippen molar-refractivity contribution in [3.63, 3.8) is 0 Å². The second-order valence-corrected chi connectivity index (χ2v) is 4.32. The van der Waals surface area contributed by atoms with Crippen molar-refractivity contribution in [1.29, 1.82) is 0 Å². The molecule has 0 bridgehead atoms. The summed E-state index contributed by atoms with van der Waals surface area (Å²) in [5.41, 5.74) is 4.24. The molecule has 0 aliphatic heterocycles. The summed E-state index contributed by atoms with van der Waals surface area (Å²) in [5.74, 6) is 0.0380. The molecule has 0 aliphatic rings. The number of amides is 1. The van der Waals surface area contributed by atoms with Gasteiger partial charge in [0.2, 0.25) is 5.91 Å². The molecule has 0 heterocycles. The zero-order valence-electron chi connectivity index (χ0n) is 10.7. The zero-order valence-corrected chi connectivity index (χ0v) is 10.7. The molecule has 2 nitrogen and oxygen atoms in total. The summed E-state index contributed by atoms with van der Waals surface area (Å²) < 4.78 is 0. The molecule has 0 saturated carbocycles. The van der Waals surface area contributed by atoms with E-state index in [1.165, 1.54) is 5.56 Å². The van der Waals surface area contributed by atoms with E-state index in [-0.39, 0.29) is 5.91 Å². The number of aryl methyl sites for hydroxylation is 1. The highest BCUT2D eigenvalue weighted by Gasteiger charge is 2.07. The molecule has 2 aromatic carbocycles. The Bertz CT molecular complexity index is 546. The van der Waals surface area contributed by atoms with Crippen LogP contribution in [0.3, 0.4) is 0 Å². The van der Waals surface area contributed by atoms with E-state index in [0.717, 1.165) is 16.8 Å². The average Bonchev–Trinajstić information content (AvgIpc) is 2.41. The quantitative estimate of drug-likeness (QED) is 0.861. The van der Waals surface area contributed by atoms with Crippen molar-refractivity contribution < 1.29 is 4.79 Å². The molecule has 0 aliphatic carbocycles. The van der Waals surface area contributed by atoms with Gasteiger partial charge in [-0.15, -0.1) is 0 Å². The molecular weight excluding hydrogens is 222 g/mol. The normalized spacial score (nSPS) is 10.1. The summed E-state index contributed by atoms with van der Waals surface area (Å²) in [6, 6.07) is 16.2. The lowest BCUT2D eigenvalue weighted by Gasteiger charge is -2.11. The maximum atomic E-state index is 11.5. The third kappa shape index (κ3) is 2.77. The molecule has 0 unspecified atom stereocenters. The van der Waals surface area contributed by atoms with E-state index in [1.54, 1.807) is 0 Å². The van der Waals surface area contributed by atoms with Gasteiger partial charge >= 0.3 is 0 Å². The molecule has 1 N–H and O–H groups in total. The molecule has 1 amide bonds. The topological polar surface area (TPSA) is 29.1 Å². The van der Waals surface area contributed by atoms with E-state index in [0.29, 0.717) is 6.42 Å². The zero-order chi connectivity index (χ0) is 13.0. The molecule has 0 aromatic heterocycles. The van der Waals surface area contributed by atoms with Gasteiger partial charge in [-0.05, 0) is 24.6 Å². The fourth-order valence-electron chi connectivity index (χ4n) is 1.86. The maximum Gasteiger partial charge on any atom is 0.224 e. The fraction of sp³-hybridized carbons (Fsp3) is 0.188. The number of nitrogens with one attached hydrogen (secondary N) is 1. The number of hydrogen-bond acceptors (Lipinski definition) is 1. The second kappa shape index (κ2) is 5.50. The summed E-state index contributed by atoms with van der Waals surface area (Å²) in [5, 5.41) is 2.95. The van der Waals surface area contributed by atoms with Gasteiger partial charge < -0.3 is 5.32 Å². The molecule has 0 radical (unpaired) electrons. The Hall–Kier alpha value is -2.09. The van der Waals surface area contributed by atoms with Crippen LogP contribution in [0.4, 0.5) is 5.69 Å². The SMILES string of the molecule is CCC(=O)Nc1ccc(C)cc1-c1ccccc1. The molecule has 18 heavy (non-hydrogen) atoms. The predicted molar refractivity (Wildman–Crippen MR) is 75.5 cm³/mol. The van der Waals surface area contributed by atoms with Crippen molar-refractivity contribution in [2.75, 3.05) is 5.32 Å². The van der Waals surface area contributed by atoms with Crippen molar-refractivity contribution in [2.45, 2.75) is 20.3 Å². The molecule has 0 atom stereocenters. The fourth-order valence-corrected chi connectivity index (χ4v) is 1.86. The first-order valence-electron chi connectivity index (χ1n) is 6.16. The molecule has 0 saturated heterocycles. The molecule has 2 aromatic rings. The largest absolute Gasteiger partial charge is 0.326 e. The second-order valence-electron chi connectivity index (χ2n) is 4.32. The van der Waals surface area contributed by atoms with Crippen molar-refractivity contribution in [2.24, 2.45) is 0 Å². The molecule has 0 fully saturated rings. The van der Waals surface area contributed by atoms with E-state index >= 15 is 0 Å². The van der Waals surface area contributed by atoms with E-state index < -0.39 is 0 Å². The lowest BCUT2D eigenvalue weighted by Crippen LogP contribution is -2.10. The van der Waals surface area contributed by atoms with Gasteiger partial charge in [0.05, 0.1) is 0 Å². The molecule has 2 heteroatoms. The lowest BCUT2D eigenvalue weighted by atomic mass is 10.0. The van der Waals surface area contributed by atoms with Gasteiger partial charge in [-0.2, -0.15) is 0 Å². The van der Waals surface area contributed by atoms with Crippen LogP contribution in [0.25, 0.3) is 11.1 Å². The standard InChI is InChI=1S/C16H17NO/c1-3-16(18)17-15-10-9-12(2)11-14(15)13-7-5-4-6-8-13/h4-11H,3H2,1-2H3,(H,17,18). The van der Waals surface area contributed by atoms with Crippen LogP contribution < -0.4 is 5.32 Å². The van der Waals surface area contributed by atoms with Gasteiger partial charge in [0.1, 0.15) is 0 Å². The molecule has 0 spiro atoms. The first kappa shape index (κ1) is 12.4. The Morgan fingerprint density at radius 1 is 1.11 bits per heavy atom. The van der Waals surface area contributed by atoms with Crippen LogP contribution in [0.1, 0.15) is 18.9 Å². The molecule has 2 rings (SSSR count). The monoisotopic (exact) mass is 239 g/mol. The first-order valence-corrected chi connectivity index (χ1v) is 6.16. The lowest BCUT2D eigenvalue weighted by molar-refractivity contribution is -0.115. The Kier molecular flexibility index (Phi) is 3.78. The minimum atomic E-state index is 0.0380. The third-order valence-electron chi connectivity index (χ3n) is 2.86. The highest BCUT2D eigenvalue weighted by atomic mass is 16.1. The summed E-state index contributed by atoms with van der Waals surface area (Å²) >= 11 is 0. The van der Waals surface area contributed by atoms with Gasteiger partial charge in [-0.3, -0.25) is 4.79 Å². The van der Waals surface area contributed by atoms with Crippen LogP contribution in [-0.4, -0.2) is 5.91 Å². The van der Waals surface area contributed by atoms with Gasteiger partial charge in [0.15, 0.2) is 0 Å². The minimum Gasteiger partial charge on any atom is -0.326 e. The van der Waals surface area contributed by atoms with Crippen LogP contribution >= 0.6 is 0 Å². The number of benzene rings is 2. The first-order chi connectivity index (χ1) is 8.70. The van der Waals surface area contributed by atoms with Crippen molar-refractivity contribution in [1.82, 2.24) is 0 Å². The summed E-state index contributed by atoms with van der Waals surface area (Å²) in [6.07, 6.45) is 0.488. The highest BCUT2D eigenvalue weighted by molar-refractivity contribution is 5.95. The number of carbonyl (C=O) groups excluding carboxylic acids is 1. The molecular formula is C16H17NO. The molecule has 92 valence electrons. The van der Waals surface area contributed by atoms with Crippen molar-refractivity contribution >= 4 is 11.6 Å². The Labute approximate surface area is 108 Å². The van der Waals surface area contributed by atoms with Crippen molar-refractivity contribution in [3.8, 4) is 11.1 Å². The van der Waals surface area contributed by atoms with Crippen LogP contribution in [0.2, 0.25) is 0 Å². The number of hydrogen-bond donors (Lipinski definition) is 1. The van der Waals surface area contributed by atoms with Crippen molar-refractivity contribution in [3.05, 3.63) is 54.1 Å². The van der Waals surface area contributed by atoms with Crippen LogP contribution in [0.15, 0.2) is 48.5 Å². The number of anilines is 1. The van der Waals surface area contributed by atoms with Gasteiger partial charge in [0, 0.05) is 17.7 Å². The predicted octanol–water partition coefficient (Wildman–Crippen LogP) is 4.01. The van der Waals surface area contributed by atoms with Crippen LogP contribution in [0.5, 0.6) is 0 Å². The van der Waals surface area contributed by atoms with Crippen LogP contribution in [-0.2, 0) is 4.79 Å². The third-order valence-corrected chi connectivity index (χ3v) is 2.86. The Balaban J connectivity index is 2.44. The van der Waals surface area contributed by atoms with Crippen LogP contribution in [0, 0.1) is 6.92 Å². The summed E-state index contributed by atoms with van der Waals surface area (Å²) in [4.78, 5) is 11.5. The number of rotatable bonds is 3. The van der Waals surface area contributed by atoms with E-state index in [4.69, 9.17) is 0 Å². The van der Waals surface area contributed by atoms with E-state index in [9.17, 15) is 4.79 Å². The van der Waals surface area contributed by atoms with Gasteiger partial charge in [0.25, 0.3) is 0 Å². The van der Waals surface area contributed by atoms with E-state index in [2.05, 4.69) is 30.4 Å². The summed E-state index contributed by atoms with van der Waals surface area (Å²) in [7, 11) is 0. The Morgan fingerprint density at radius 2 is 1.83 bits per heavy atom. The van der Waals surface area contributed by atoms with E-state index in [1.807, 2.05) is 37.3 Å². The number of carbonyl (C=O) groups is 1. The highest BCUT2D eigenvalue weighted by Crippen LogP contribution is 2.29. The smallest absolute Gasteiger partial charge is 0.224 e. The van der Waals surface area contributed by atoms with Gasteiger partial charge in [-0.1, -0.05) is 48.9 Å². The summed E-state index contributed by atoms with van der Waals surface area (Å²) in [6.45, 7) is 3.91. The average molecular weight is 239 g/mol.